The Labute approximate surface area is 166 Å². The van der Waals surface area contributed by atoms with Crippen molar-refractivity contribution in [2.24, 2.45) is 5.92 Å². The first-order valence-corrected chi connectivity index (χ1v) is 9.52. The Morgan fingerprint density at radius 1 is 1.26 bits per heavy atom. The van der Waals surface area contributed by atoms with E-state index in [-0.39, 0.29) is 29.9 Å². The number of amides is 1. The van der Waals surface area contributed by atoms with Crippen molar-refractivity contribution in [1.82, 2.24) is 20.2 Å². The van der Waals surface area contributed by atoms with Crippen LogP contribution in [-0.2, 0) is 11.3 Å². The van der Waals surface area contributed by atoms with Crippen molar-refractivity contribution in [3.63, 3.8) is 0 Å². The number of nitrogens with zero attached hydrogens (tertiary/aromatic N) is 2. The second-order valence-electron chi connectivity index (χ2n) is 7.38. The van der Waals surface area contributed by atoms with Crippen LogP contribution >= 0.6 is 12.4 Å². The molecule has 148 valence electrons. The molecule has 1 aliphatic heterocycles. The number of benzene rings is 1. The zero-order valence-electron chi connectivity index (χ0n) is 16.0. The van der Waals surface area contributed by atoms with E-state index in [0.717, 1.165) is 32.4 Å². The first-order chi connectivity index (χ1) is 12.5. The third kappa shape index (κ3) is 5.53. The van der Waals surface area contributed by atoms with Crippen LogP contribution < -0.4 is 10.9 Å². The van der Waals surface area contributed by atoms with Gasteiger partial charge in [-0.15, -0.1) is 12.4 Å². The van der Waals surface area contributed by atoms with E-state index in [9.17, 15) is 9.59 Å². The number of nitrogens with one attached hydrogen (secondary N) is 2. The fourth-order valence-electron chi connectivity index (χ4n) is 3.57. The number of fused-ring (bicyclic) bond motifs is 1. The van der Waals surface area contributed by atoms with Crippen LogP contribution in [0.25, 0.3) is 10.9 Å². The van der Waals surface area contributed by atoms with Crippen molar-refractivity contribution in [2.75, 3.05) is 13.1 Å². The fraction of sp³-hybridized carbons (Fsp3) is 0.550. The smallest absolute Gasteiger partial charge is 0.258 e. The topological polar surface area (TPSA) is 78.1 Å². The quantitative estimate of drug-likeness (QED) is 0.792. The minimum Gasteiger partial charge on any atom is -0.333 e. The number of rotatable bonds is 6. The molecular formula is C20H29ClN4O2. The molecule has 0 aliphatic carbocycles. The van der Waals surface area contributed by atoms with Gasteiger partial charge in [0, 0.05) is 12.5 Å². The molecule has 1 aromatic heterocycles. The highest BCUT2D eigenvalue weighted by molar-refractivity contribution is 5.85. The van der Waals surface area contributed by atoms with Crippen molar-refractivity contribution < 1.29 is 4.79 Å². The number of halogens is 1. The Bertz CT molecular complexity index is 815. The summed E-state index contributed by atoms with van der Waals surface area (Å²) in [6.07, 6.45) is 3.79. The van der Waals surface area contributed by atoms with Crippen molar-refractivity contribution in [2.45, 2.75) is 52.1 Å². The number of carbonyl (C=O) groups is 1. The molecule has 7 heteroatoms. The maximum Gasteiger partial charge on any atom is 0.258 e. The normalized spacial score (nSPS) is 14.9. The largest absolute Gasteiger partial charge is 0.333 e. The van der Waals surface area contributed by atoms with Gasteiger partial charge in [0.25, 0.3) is 5.56 Å². The minimum atomic E-state index is -0.156. The van der Waals surface area contributed by atoms with Gasteiger partial charge in [0.1, 0.15) is 5.82 Å². The lowest BCUT2D eigenvalue weighted by molar-refractivity contribution is -0.134. The number of hydrogen-bond donors (Lipinski definition) is 2. The Morgan fingerprint density at radius 3 is 2.67 bits per heavy atom. The summed E-state index contributed by atoms with van der Waals surface area (Å²) in [5.74, 6) is 1.31. The predicted molar refractivity (Wildman–Crippen MR) is 110 cm³/mol. The monoisotopic (exact) mass is 392 g/mol. The maximum atomic E-state index is 12.8. The number of hydrogen-bond acceptors (Lipinski definition) is 4. The number of carbonyl (C=O) groups excluding carboxylic acids is 1. The molecule has 1 amide bonds. The Morgan fingerprint density at radius 2 is 1.96 bits per heavy atom. The molecule has 0 saturated carbocycles. The molecule has 3 rings (SSSR count). The molecule has 0 spiro atoms. The molecule has 2 heterocycles. The maximum absolute atomic E-state index is 12.8. The Kier molecular flexibility index (Phi) is 7.80. The molecule has 27 heavy (non-hydrogen) atoms. The molecule has 2 aromatic rings. The molecule has 0 bridgehead atoms. The van der Waals surface area contributed by atoms with Crippen molar-refractivity contribution in [3.05, 3.63) is 40.4 Å². The van der Waals surface area contributed by atoms with Crippen molar-refractivity contribution >= 4 is 29.2 Å². The standard InChI is InChI=1S/C20H28N4O2.ClH/c1-14(2)24(19(25)8-7-15-9-11-21-12-10-15)13-18-22-17-6-4-3-5-16(17)20(26)23-18;/h3-6,14-15,21H,7-13H2,1-2H3,(H,22,23,26);1H. The molecule has 0 unspecified atom stereocenters. The predicted octanol–water partition coefficient (Wildman–Crippen LogP) is 2.86. The summed E-state index contributed by atoms with van der Waals surface area (Å²) in [6.45, 7) is 6.44. The van der Waals surface area contributed by atoms with E-state index in [0.29, 0.717) is 35.6 Å². The molecule has 0 radical (unpaired) electrons. The second kappa shape index (κ2) is 9.85. The lowest BCUT2D eigenvalue weighted by Crippen LogP contribution is -2.38. The van der Waals surface area contributed by atoms with E-state index in [1.165, 1.54) is 0 Å². The third-order valence-corrected chi connectivity index (χ3v) is 5.15. The average Bonchev–Trinajstić information content (AvgIpc) is 2.65. The molecule has 0 atom stereocenters. The summed E-state index contributed by atoms with van der Waals surface area (Å²) in [4.78, 5) is 34.2. The van der Waals surface area contributed by atoms with Crippen LogP contribution in [0.2, 0.25) is 0 Å². The second-order valence-corrected chi connectivity index (χ2v) is 7.38. The average molecular weight is 393 g/mol. The van der Waals surface area contributed by atoms with Crippen LogP contribution in [0.4, 0.5) is 0 Å². The highest BCUT2D eigenvalue weighted by Gasteiger charge is 2.21. The van der Waals surface area contributed by atoms with Crippen LogP contribution in [0.5, 0.6) is 0 Å². The van der Waals surface area contributed by atoms with Gasteiger partial charge in [0.05, 0.1) is 17.4 Å². The van der Waals surface area contributed by atoms with Gasteiger partial charge in [0.2, 0.25) is 5.91 Å². The molecular weight excluding hydrogens is 364 g/mol. The number of aromatic nitrogens is 2. The van der Waals surface area contributed by atoms with Crippen LogP contribution in [0, 0.1) is 5.92 Å². The molecule has 1 saturated heterocycles. The molecule has 6 nitrogen and oxygen atoms in total. The van der Waals surface area contributed by atoms with Crippen LogP contribution in [-0.4, -0.2) is 39.9 Å². The molecule has 1 aromatic carbocycles. The van der Waals surface area contributed by atoms with Gasteiger partial charge in [-0.25, -0.2) is 4.98 Å². The first kappa shape index (κ1) is 21.4. The van der Waals surface area contributed by atoms with Crippen LogP contribution in [0.15, 0.2) is 29.1 Å². The lowest BCUT2D eigenvalue weighted by Gasteiger charge is -2.28. The van der Waals surface area contributed by atoms with E-state index in [2.05, 4.69) is 15.3 Å². The van der Waals surface area contributed by atoms with Crippen molar-refractivity contribution in [1.29, 1.82) is 0 Å². The first-order valence-electron chi connectivity index (χ1n) is 9.52. The van der Waals surface area contributed by atoms with Gasteiger partial charge in [-0.1, -0.05) is 12.1 Å². The summed E-state index contributed by atoms with van der Waals surface area (Å²) < 4.78 is 0. The molecule has 2 N–H and O–H groups in total. The fourth-order valence-corrected chi connectivity index (χ4v) is 3.57. The van der Waals surface area contributed by atoms with Gasteiger partial charge >= 0.3 is 0 Å². The number of H-pyrrole nitrogens is 1. The highest BCUT2D eigenvalue weighted by atomic mass is 35.5. The summed E-state index contributed by atoms with van der Waals surface area (Å²) in [6, 6.07) is 7.33. The van der Waals surface area contributed by atoms with Crippen LogP contribution in [0.3, 0.4) is 0 Å². The molecule has 1 fully saturated rings. The van der Waals surface area contributed by atoms with Crippen LogP contribution in [0.1, 0.15) is 45.4 Å². The SMILES string of the molecule is CC(C)N(Cc1nc2ccccc2c(=O)[nH]1)C(=O)CCC1CCNCC1.Cl. The van der Waals surface area contributed by atoms with E-state index in [1.807, 2.05) is 36.9 Å². The van der Waals surface area contributed by atoms with Gasteiger partial charge < -0.3 is 15.2 Å². The minimum absolute atomic E-state index is 0. The Hall–Kier alpha value is -1.92. The van der Waals surface area contributed by atoms with E-state index >= 15 is 0 Å². The third-order valence-electron chi connectivity index (χ3n) is 5.15. The van der Waals surface area contributed by atoms with Gasteiger partial charge in [0.15, 0.2) is 0 Å². The van der Waals surface area contributed by atoms with Gasteiger partial charge in [-0.3, -0.25) is 9.59 Å². The summed E-state index contributed by atoms with van der Waals surface area (Å²) in [5, 5.41) is 3.93. The van der Waals surface area contributed by atoms with E-state index < -0.39 is 0 Å². The molecule has 1 aliphatic rings. The number of piperidine rings is 1. The van der Waals surface area contributed by atoms with E-state index in [1.54, 1.807) is 6.07 Å². The van der Waals surface area contributed by atoms with E-state index in [4.69, 9.17) is 0 Å². The van der Waals surface area contributed by atoms with Crippen molar-refractivity contribution in [3.8, 4) is 0 Å². The summed E-state index contributed by atoms with van der Waals surface area (Å²) >= 11 is 0. The zero-order chi connectivity index (χ0) is 18.5. The highest BCUT2D eigenvalue weighted by Crippen LogP contribution is 2.19. The lowest BCUT2D eigenvalue weighted by atomic mass is 9.93. The number of aromatic amines is 1. The van der Waals surface area contributed by atoms with Gasteiger partial charge in [-0.2, -0.15) is 0 Å². The summed E-state index contributed by atoms with van der Waals surface area (Å²) in [7, 11) is 0. The van der Waals surface area contributed by atoms with Gasteiger partial charge in [-0.05, 0) is 64.3 Å². The number of para-hydroxylation sites is 1. The zero-order valence-corrected chi connectivity index (χ0v) is 16.8. The summed E-state index contributed by atoms with van der Waals surface area (Å²) in [5.41, 5.74) is 0.508. The Balaban J connectivity index is 0.00000261.